The van der Waals surface area contributed by atoms with Gasteiger partial charge in [0.1, 0.15) is 11.6 Å². The third kappa shape index (κ3) is 5.40. The maximum atomic E-state index is 15.1. The number of carbonyl (C=O) groups is 1. The van der Waals surface area contributed by atoms with Crippen molar-refractivity contribution in [2.45, 2.75) is 38.2 Å². The highest BCUT2D eigenvalue weighted by atomic mass is 19.1. The normalized spacial score (nSPS) is 18.3. The smallest absolute Gasteiger partial charge is 0.406 e. The average Bonchev–Trinajstić information content (AvgIpc) is 2.76. The Labute approximate surface area is 181 Å². The SMILES string of the molecule is COC(=O)NCCCC(O)(c1cc(F)cc(F)c1-c1cccc(C)c1)C1CCCNC1. The number of amides is 1. The van der Waals surface area contributed by atoms with E-state index in [1.807, 2.05) is 25.1 Å². The molecule has 0 bridgehead atoms. The molecular weight excluding hydrogens is 402 g/mol. The number of carbonyl (C=O) groups excluding carboxylic acids is 1. The summed E-state index contributed by atoms with van der Waals surface area (Å²) in [6.07, 6.45) is 1.71. The molecule has 2 aromatic carbocycles. The van der Waals surface area contributed by atoms with Gasteiger partial charge in [0.25, 0.3) is 0 Å². The Morgan fingerprint density at radius 2 is 2.13 bits per heavy atom. The van der Waals surface area contributed by atoms with Crippen LogP contribution >= 0.6 is 0 Å². The summed E-state index contributed by atoms with van der Waals surface area (Å²) in [4.78, 5) is 11.4. The number of alkyl carbamates (subject to hydrolysis) is 1. The second-order valence-electron chi connectivity index (χ2n) is 8.17. The first-order chi connectivity index (χ1) is 14.8. The van der Waals surface area contributed by atoms with Gasteiger partial charge < -0.3 is 20.5 Å². The Balaban J connectivity index is 2.04. The van der Waals surface area contributed by atoms with Gasteiger partial charge in [0.15, 0.2) is 0 Å². The number of aliphatic hydroxyl groups is 1. The van der Waals surface area contributed by atoms with Crippen LogP contribution in [0.5, 0.6) is 0 Å². The number of hydrogen-bond acceptors (Lipinski definition) is 4. The number of benzene rings is 2. The number of nitrogens with one attached hydrogen (secondary N) is 2. The van der Waals surface area contributed by atoms with E-state index in [-0.39, 0.29) is 30.0 Å². The third-order valence-electron chi connectivity index (χ3n) is 5.99. The lowest BCUT2D eigenvalue weighted by molar-refractivity contribution is -0.0420. The molecule has 2 aromatic rings. The molecule has 2 unspecified atom stereocenters. The molecule has 1 amide bonds. The van der Waals surface area contributed by atoms with Crippen LogP contribution in [0.4, 0.5) is 13.6 Å². The second-order valence-corrected chi connectivity index (χ2v) is 8.17. The molecule has 7 heteroatoms. The maximum absolute atomic E-state index is 15.1. The molecule has 3 rings (SSSR count). The minimum absolute atomic E-state index is 0.218. The van der Waals surface area contributed by atoms with Crippen LogP contribution in [0, 0.1) is 24.5 Å². The van der Waals surface area contributed by atoms with Crippen molar-refractivity contribution < 1.29 is 23.4 Å². The molecule has 3 N–H and O–H groups in total. The molecule has 1 saturated heterocycles. The summed E-state index contributed by atoms with van der Waals surface area (Å²) in [5.74, 6) is -1.64. The number of ether oxygens (including phenoxy) is 1. The van der Waals surface area contributed by atoms with Gasteiger partial charge in [0.2, 0.25) is 0 Å². The highest BCUT2D eigenvalue weighted by Gasteiger charge is 2.41. The van der Waals surface area contributed by atoms with E-state index in [1.54, 1.807) is 6.07 Å². The average molecular weight is 433 g/mol. The third-order valence-corrected chi connectivity index (χ3v) is 5.99. The molecule has 0 saturated carbocycles. The predicted molar refractivity (Wildman–Crippen MR) is 116 cm³/mol. The number of methoxy groups -OCH3 is 1. The summed E-state index contributed by atoms with van der Waals surface area (Å²) in [6.45, 7) is 3.58. The van der Waals surface area contributed by atoms with Gasteiger partial charge in [0, 0.05) is 30.6 Å². The van der Waals surface area contributed by atoms with Crippen LogP contribution in [0.15, 0.2) is 36.4 Å². The van der Waals surface area contributed by atoms with Gasteiger partial charge >= 0.3 is 6.09 Å². The summed E-state index contributed by atoms with van der Waals surface area (Å²) in [5, 5.41) is 17.9. The van der Waals surface area contributed by atoms with Crippen LogP contribution in [0.3, 0.4) is 0 Å². The van der Waals surface area contributed by atoms with Gasteiger partial charge in [0.05, 0.1) is 12.7 Å². The predicted octanol–water partition coefficient (Wildman–Crippen LogP) is 4.26. The second kappa shape index (κ2) is 10.2. The first-order valence-corrected chi connectivity index (χ1v) is 10.7. The van der Waals surface area contributed by atoms with Crippen molar-refractivity contribution in [1.82, 2.24) is 10.6 Å². The van der Waals surface area contributed by atoms with Crippen molar-refractivity contribution in [2.75, 3.05) is 26.7 Å². The fraction of sp³-hybridized carbons (Fsp3) is 0.458. The lowest BCUT2D eigenvalue weighted by Crippen LogP contribution is -2.45. The van der Waals surface area contributed by atoms with E-state index >= 15 is 4.39 Å². The Morgan fingerprint density at radius 1 is 1.32 bits per heavy atom. The number of rotatable bonds is 7. The highest BCUT2D eigenvalue weighted by Crippen LogP contribution is 2.43. The van der Waals surface area contributed by atoms with Crippen LogP contribution in [-0.2, 0) is 10.3 Å². The molecule has 0 aliphatic carbocycles. The number of hydrogen-bond donors (Lipinski definition) is 3. The van der Waals surface area contributed by atoms with Crippen LogP contribution in [0.25, 0.3) is 11.1 Å². The van der Waals surface area contributed by atoms with Crippen LogP contribution in [0.1, 0.15) is 36.8 Å². The summed E-state index contributed by atoms with van der Waals surface area (Å²) in [6, 6.07) is 9.44. The van der Waals surface area contributed by atoms with E-state index < -0.39 is 23.3 Å². The van der Waals surface area contributed by atoms with Gasteiger partial charge in [-0.3, -0.25) is 0 Å². The molecule has 5 nitrogen and oxygen atoms in total. The Bertz CT molecular complexity index is 916. The van der Waals surface area contributed by atoms with Gasteiger partial charge in [-0.05, 0) is 56.3 Å². The largest absolute Gasteiger partial charge is 0.453 e. The van der Waals surface area contributed by atoms with Crippen LogP contribution in [0.2, 0.25) is 0 Å². The molecule has 31 heavy (non-hydrogen) atoms. The Morgan fingerprint density at radius 3 is 2.81 bits per heavy atom. The van der Waals surface area contributed by atoms with E-state index in [0.717, 1.165) is 31.0 Å². The minimum atomic E-state index is -1.47. The van der Waals surface area contributed by atoms with Crippen LogP contribution < -0.4 is 10.6 Å². The van der Waals surface area contributed by atoms with E-state index in [2.05, 4.69) is 15.4 Å². The monoisotopic (exact) mass is 432 g/mol. The molecule has 2 atom stereocenters. The molecule has 1 aliphatic heterocycles. The molecule has 1 heterocycles. The molecular formula is C24H30F2N2O3. The molecule has 0 radical (unpaired) electrons. The zero-order valence-corrected chi connectivity index (χ0v) is 18.0. The first kappa shape index (κ1) is 23.2. The summed E-state index contributed by atoms with van der Waals surface area (Å²) in [7, 11) is 1.28. The van der Waals surface area contributed by atoms with Gasteiger partial charge in [-0.1, -0.05) is 29.8 Å². The number of halogens is 2. The standard InChI is InChI=1S/C24H30F2N2O3/c1-16-6-3-7-17(12-16)22-20(13-19(25)14-21(22)26)24(30,18-8-4-10-27-15-18)9-5-11-28-23(29)31-2/h3,6-7,12-14,18,27,30H,4-5,8-11,15H2,1-2H3,(H,28,29). The van der Waals surface area contributed by atoms with Crippen molar-refractivity contribution in [2.24, 2.45) is 5.92 Å². The Hall–Kier alpha value is -2.51. The van der Waals surface area contributed by atoms with Gasteiger partial charge in [-0.15, -0.1) is 0 Å². The van der Waals surface area contributed by atoms with Crippen molar-refractivity contribution in [3.05, 3.63) is 59.2 Å². The first-order valence-electron chi connectivity index (χ1n) is 10.7. The molecule has 1 fully saturated rings. The molecule has 0 aromatic heterocycles. The van der Waals surface area contributed by atoms with E-state index in [9.17, 15) is 14.3 Å². The van der Waals surface area contributed by atoms with Crippen molar-refractivity contribution >= 4 is 6.09 Å². The molecule has 0 spiro atoms. The van der Waals surface area contributed by atoms with Gasteiger partial charge in [-0.2, -0.15) is 0 Å². The van der Waals surface area contributed by atoms with Crippen LogP contribution in [-0.4, -0.2) is 37.9 Å². The summed E-state index contributed by atoms with van der Waals surface area (Å²) >= 11 is 0. The zero-order valence-electron chi connectivity index (χ0n) is 18.0. The van der Waals surface area contributed by atoms with E-state index in [1.165, 1.54) is 13.2 Å². The summed E-state index contributed by atoms with van der Waals surface area (Å²) in [5.41, 5.74) is 0.550. The zero-order chi connectivity index (χ0) is 22.4. The highest BCUT2D eigenvalue weighted by molar-refractivity contribution is 5.70. The molecule has 168 valence electrons. The van der Waals surface area contributed by atoms with Crippen molar-refractivity contribution in [1.29, 1.82) is 0 Å². The van der Waals surface area contributed by atoms with Crippen molar-refractivity contribution in [3.8, 4) is 11.1 Å². The number of piperidine rings is 1. The van der Waals surface area contributed by atoms with Crippen molar-refractivity contribution in [3.63, 3.8) is 0 Å². The molecule has 1 aliphatic rings. The van der Waals surface area contributed by atoms with Gasteiger partial charge in [-0.25, -0.2) is 13.6 Å². The quantitative estimate of drug-likeness (QED) is 0.572. The fourth-order valence-electron chi connectivity index (χ4n) is 4.45. The maximum Gasteiger partial charge on any atom is 0.406 e. The summed E-state index contributed by atoms with van der Waals surface area (Å²) < 4.78 is 34.1. The lowest BCUT2D eigenvalue weighted by Gasteiger charge is -2.40. The van der Waals surface area contributed by atoms with E-state index in [0.29, 0.717) is 18.5 Å². The topological polar surface area (TPSA) is 70.6 Å². The Kier molecular flexibility index (Phi) is 7.62. The number of aryl methyl sites for hydroxylation is 1. The minimum Gasteiger partial charge on any atom is -0.453 e. The van der Waals surface area contributed by atoms with E-state index in [4.69, 9.17) is 0 Å². The lowest BCUT2D eigenvalue weighted by atomic mass is 9.72. The fourth-order valence-corrected chi connectivity index (χ4v) is 4.45.